The van der Waals surface area contributed by atoms with E-state index in [4.69, 9.17) is 0 Å². The Morgan fingerprint density at radius 3 is 2.92 bits per heavy atom. The minimum Gasteiger partial charge on any atom is -0.296 e. The molecule has 0 spiro atoms. The molecule has 0 aliphatic carbocycles. The molecule has 3 heterocycles. The van der Waals surface area contributed by atoms with Crippen LogP contribution >= 0.6 is 22.9 Å². The van der Waals surface area contributed by atoms with E-state index < -0.39 is 0 Å². The number of aromatic nitrogens is 5. The standard InChI is InChI=1S/C16H11FN6OS2/c1-9-13(20-22-23(9)11-5-2-4-10(17)8-11)14-18-16(26-21-14)19-15(24)12-6-3-7-25-12/h2-8H,1H3,(H,18,19,21,24). The molecule has 0 saturated heterocycles. The van der Waals surface area contributed by atoms with Crippen LogP contribution in [0.1, 0.15) is 15.4 Å². The van der Waals surface area contributed by atoms with Crippen LogP contribution in [0.2, 0.25) is 0 Å². The van der Waals surface area contributed by atoms with Gasteiger partial charge in [-0.1, -0.05) is 17.3 Å². The van der Waals surface area contributed by atoms with Crippen molar-refractivity contribution in [3.05, 3.63) is 58.2 Å². The molecule has 0 aliphatic heterocycles. The van der Waals surface area contributed by atoms with Gasteiger partial charge in [-0.05, 0) is 36.6 Å². The number of rotatable bonds is 4. The van der Waals surface area contributed by atoms with Gasteiger partial charge in [-0.25, -0.2) is 9.07 Å². The van der Waals surface area contributed by atoms with Crippen molar-refractivity contribution in [2.75, 3.05) is 5.32 Å². The number of halogens is 1. The summed E-state index contributed by atoms with van der Waals surface area (Å²) in [5, 5.41) is 13.1. The fourth-order valence-corrected chi connectivity index (χ4v) is 3.51. The molecule has 0 unspecified atom stereocenters. The van der Waals surface area contributed by atoms with Crippen LogP contribution in [0, 0.1) is 12.7 Å². The van der Waals surface area contributed by atoms with Crippen LogP contribution in [0.15, 0.2) is 41.8 Å². The number of benzene rings is 1. The van der Waals surface area contributed by atoms with Gasteiger partial charge in [-0.3, -0.25) is 10.1 Å². The maximum atomic E-state index is 13.4. The van der Waals surface area contributed by atoms with Crippen molar-refractivity contribution in [2.45, 2.75) is 6.92 Å². The second kappa shape index (κ2) is 6.73. The fourth-order valence-electron chi connectivity index (χ4n) is 2.33. The zero-order valence-corrected chi connectivity index (χ0v) is 15.0. The number of carbonyl (C=O) groups excluding carboxylic acids is 1. The summed E-state index contributed by atoms with van der Waals surface area (Å²) >= 11 is 2.41. The topological polar surface area (TPSA) is 85.6 Å². The van der Waals surface area contributed by atoms with Crippen LogP contribution in [0.4, 0.5) is 9.52 Å². The third-order valence-electron chi connectivity index (χ3n) is 3.55. The van der Waals surface area contributed by atoms with Crippen molar-refractivity contribution < 1.29 is 9.18 Å². The molecule has 1 aromatic carbocycles. The molecule has 4 aromatic rings. The predicted molar refractivity (Wildman–Crippen MR) is 97.2 cm³/mol. The molecule has 3 aromatic heterocycles. The Morgan fingerprint density at radius 2 is 2.15 bits per heavy atom. The van der Waals surface area contributed by atoms with Gasteiger partial charge in [-0.2, -0.15) is 9.36 Å². The van der Waals surface area contributed by atoms with Crippen molar-refractivity contribution in [3.63, 3.8) is 0 Å². The Labute approximate surface area is 155 Å². The highest BCUT2D eigenvalue weighted by molar-refractivity contribution is 7.12. The Bertz CT molecular complexity index is 1070. The lowest BCUT2D eigenvalue weighted by Gasteiger charge is -2.02. The van der Waals surface area contributed by atoms with Crippen molar-refractivity contribution >= 4 is 33.9 Å². The molecule has 1 amide bonds. The number of carbonyl (C=O) groups is 1. The normalized spacial score (nSPS) is 10.8. The van der Waals surface area contributed by atoms with E-state index in [2.05, 4.69) is 25.0 Å². The zero-order valence-electron chi connectivity index (χ0n) is 13.4. The number of thiophene rings is 1. The van der Waals surface area contributed by atoms with Gasteiger partial charge in [0.05, 0.1) is 16.3 Å². The minimum atomic E-state index is -0.357. The van der Waals surface area contributed by atoms with Gasteiger partial charge in [0, 0.05) is 11.5 Å². The molecular formula is C16H11FN6OS2. The van der Waals surface area contributed by atoms with Gasteiger partial charge in [0.1, 0.15) is 5.82 Å². The smallest absolute Gasteiger partial charge is 0.267 e. The molecule has 0 aliphatic rings. The van der Waals surface area contributed by atoms with Crippen molar-refractivity contribution in [2.24, 2.45) is 0 Å². The van der Waals surface area contributed by atoms with Crippen LogP contribution < -0.4 is 5.32 Å². The molecule has 0 bridgehead atoms. The Balaban J connectivity index is 1.59. The predicted octanol–water partition coefficient (Wildman–Crippen LogP) is 3.55. The lowest BCUT2D eigenvalue weighted by atomic mass is 10.3. The number of hydrogen-bond donors (Lipinski definition) is 1. The Morgan fingerprint density at radius 1 is 1.27 bits per heavy atom. The molecule has 4 rings (SSSR count). The fraction of sp³-hybridized carbons (Fsp3) is 0.0625. The summed E-state index contributed by atoms with van der Waals surface area (Å²) in [6.45, 7) is 1.80. The number of amides is 1. The number of hydrogen-bond acceptors (Lipinski definition) is 7. The molecule has 10 heteroatoms. The minimum absolute atomic E-state index is 0.233. The molecular weight excluding hydrogens is 375 g/mol. The first-order chi connectivity index (χ1) is 12.6. The number of anilines is 1. The highest BCUT2D eigenvalue weighted by Crippen LogP contribution is 2.24. The quantitative estimate of drug-likeness (QED) is 0.580. The molecule has 26 heavy (non-hydrogen) atoms. The first-order valence-corrected chi connectivity index (χ1v) is 9.14. The largest absolute Gasteiger partial charge is 0.296 e. The maximum Gasteiger partial charge on any atom is 0.267 e. The molecule has 0 fully saturated rings. The van der Waals surface area contributed by atoms with E-state index >= 15 is 0 Å². The summed E-state index contributed by atoms with van der Waals surface area (Å²) in [7, 11) is 0. The van der Waals surface area contributed by atoms with Crippen molar-refractivity contribution in [3.8, 4) is 17.2 Å². The van der Waals surface area contributed by atoms with E-state index in [9.17, 15) is 9.18 Å². The lowest BCUT2D eigenvalue weighted by Crippen LogP contribution is -2.09. The Kier molecular flexibility index (Phi) is 4.27. The molecule has 0 atom stereocenters. The summed E-state index contributed by atoms with van der Waals surface area (Å²) < 4.78 is 19.2. The third kappa shape index (κ3) is 3.11. The zero-order chi connectivity index (χ0) is 18.1. The molecule has 130 valence electrons. The number of nitrogens with zero attached hydrogens (tertiary/aromatic N) is 5. The summed E-state index contributed by atoms with van der Waals surface area (Å²) in [6.07, 6.45) is 0. The summed E-state index contributed by atoms with van der Waals surface area (Å²) in [5.41, 5.74) is 1.70. The van der Waals surface area contributed by atoms with Gasteiger partial charge in [-0.15, -0.1) is 16.4 Å². The van der Waals surface area contributed by atoms with Crippen LogP contribution in [0.3, 0.4) is 0 Å². The lowest BCUT2D eigenvalue weighted by molar-refractivity contribution is 0.103. The SMILES string of the molecule is Cc1c(-c2nsc(NC(=O)c3cccs3)n2)nnn1-c1cccc(F)c1. The summed E-state index contributed by atoms with van der Waals surface area (Å²) in [4.78, 5) is 17.0. The van der Waals surface area contributed by atoms with Crippen LogP contribution in [-0.4, -0.2) is 30.3 Å². The first kappa shape index (κ1) is 16.5. The second-order valence-electron chi connectivity index (χ2n) is 5.27. The second-order valence-corrected chi connectivity index (χ2v) is 6.97. The molecule has 0 radical (unpaired) electrons. The van der Waals surface area contributed by atoms with Crippen molar-refractivity contribution in [1.82, 2.24) is 24.4 Å². The van der Waals surface area contributed by atoms with E-state index in [1.807, 2.05) is 5.38 Å². The average molecular weight is 386 g/mol. The van der Waals surface area contributed by atoms with E-state index in [1.54, 1.807) is 31.2 Å². The van der Waals surface area contributed by atoms with E-state index in [0.29, 0.717) is 32.9 Å². The van der Waals surface area contributed by atoms with Crippen molar-refractivity contribution in [1.29, 1.82) is 0 Å². The van der Waals surface area contributed by atoms with Crippen LogP contribution in [0.25, 0.3) is 17.2 Å². The average Bonchev–Trinajstić information content (AvgIpc) is 3.35. The van der Waals surface area contributed by atoms with Crippen LogP contribution in [-0.2, 0) is 0 Å². The Hall–Kier alpha value is -2.98. The monoisotopic (exact) mass is 386 g/mol. The molecule has 7 nitrogen and oxygen atoms in total. The van der Waals surface area contributed by atoms with Gasteiger partial charge >= 0.3 is 0 Å². The summed E-state index contributed by atoms with van der Waals surface area (Å²) in [6, 6.07) is 9.60. The van der Waals surface area contributed by atoms with Crippen LogP contribution in [0.5, 0.6) is 0 Å². The first-order valence-electron chi connectivity index (χ1n) is 7.49. The van der Waals surface area contributed by atoms with E-state index in [1.165, 1.54) is 28.2 Å². The van der Waals surface area contributed by atoms with Gasteiger partial charge in [0.2, 0.25) is 5.13 Å². The highest BCUT2D eigenvalue weighted by Gasteiger charge is 2.18. The van der Waals surface area contributed by atoms with Gasteiger partial charge in [0.15, 0.2) is 11.5 Å². The summed E-state index contributed by atoms with van der Waals surface area (Å²) in [5.74, 6) is -0.233. The highest BCUT2D eigenvalue weighted by atomic mass is 32.1. The number of nitrogens with one attached hydrogen (secondary N) is 1. The third-order valence-corrected chi connectivity index (χ3v) is 5.05. The van der Waals surface area contributed by atoms with E-state index in [0.717, 1.165) is 11.5 Å². The van der Waals surface area contributed by atoms with Gasteiger partial charge < -0.3 is 0 Å². The molecule has 0 saturated carbocycles. The van der Waals surface area contributed by atoms with Gasteiger partial charge in [0.25, 0.3) is 5.91 Å². The van der Waals surface area contributed by atoms with E-state index in [-0.39, 0.29) is 11.7 Å². The maximum absolute atomic E-state index is 13.4. The molecule has 1 N–H and O–H groups in total.